The Hall–Kier alpha value is -8.89. The summed E-state index contributed by atoms with van der Waals surface area (Å²) in [6.07, 6.45) is 14.9. The van der Waals surface area contributed by atoms with Gasteiger partial charge in [0.15, 0.2) is 11.6 Å². The Morgan fingerprint density at radius 2 is 0.644 bits per heavy atom. The van der Waals surface area contributed by atoms with Gasteiger partial charge < -0.3 is 14.2 Å². The predicted molar refractivity (Wildman–Crippen MR) is 295 cm³/mol. The molecule has 0 saturated heterocycles. The van der Waals surface area contributed by atoms with E-state index in [0.717, 1.165) is 97.8 Å². The fourth-order valence-corrected chi connectivity index (χ4v) is 7.19. The van der Waals surface area contributed by atoms with Gasteiger partial charge in [-0.05, 0) is 149 Å². The van der Waals surface area contributed by atoms with Gasteiger partial charge in [-0.2, -0.15) is 0 Å². The molecule has 6 aromatic carbocycles. The van der Waals surface area contributed by atoms with Crippen molar-refractivity contribution in [3.8, 4) is 73.7 Å². The molecule has 10 aromatic rings. The maximum atomic E-state index is 5.17. The van der Waals surface area contributed by atoms with Crippen molar-refractivity contribution in [1.82, 2.24) is 34.9 Å². The van der Waals surface area contributed by atoms with Crippen LogP contribution >= 0.6 is 0 Å². The molecule has 4 aromatic heterocycles. The van der Waals surface area contributed by atoms with E-state index in [1.54, 1.807) is 21.3 Å². The number of aromatic nitrogens is 7. The maximum absolute atomic E-state index is 5.17. The van der Waals surface area contributed by atoms with Gasteiger partial charge in [0.05, 0.1) is 44.6 Å². The van der Waals surface area contributed by atoms with E-state index in [9.17, 15) is 0 Å². The zero-order chi connectivity index (χ0) is 51.4. The lowest BCUT2D eigenvalue weighted by atomic mass is 10.0. The highest BCUT2D eigenvalue weighted by molar-refractivity contribution is 5.67. The van der Waals surface area contributed by atoms with Crippen LogP contribution in [0.25, 0.3) is 56.4 Å². The van der Waals surface area contributed by atoms with Crippen molar-refractivity contribution in [1.29, 1.82) is 0 Å². The van der Waals surface area contributed by atoms with Crippen LogP contribution in [0.1, 0.15) is 39.1 Å². The van der Waals surface area contributed by atoms with E-state index < -0.39 is 0 Å². The number of aryl methyl sites for hydroxylation is 7. The third-order valence-electron chi connectivity index (χ3n) is 11.6. The lowest BCUT2D eigenvalue weighted by Crippen LogP contribution is -1.96. The van der Waals surface area contributed by atoms with E-state index in [0.29, 0.717) is 0 Å². The third-order valence-corrected chi connectivity index (χ3v) is 11.6. The zero-order valence-electron chi connectivity index (χ0n) is 42.8. The molecule has 0 bridgehead atoms. The first kappa shape index (κ1) is 51.9. The van der Waals surface area contributed by atoms with E-state index >= 15 is 0 Å². The molecule has 0 N–H and O–H groups in total. The van der Waals surface area contributed by atoms with Crippen LogP contribution in [0.2, 0.25) is 0 Å². The highest BCUT2D eigenvalue weighted by Gasteiger charge is 2.05. The largest absolute Gasteiger partial charge is 0.497 e. The Morgan fingerprint density at radius 3 is 1.04 bits per heavy atom. The number of nitrogens with zero attached hydrogens (tertiary/aromatic N) is 7. The average molecular weight is 964 g/mol. The Balaban J connectivity index is 0.000000145. The van der Waals surface area contributed by atoms with Gasteiger partial charge in [0, 0.05) is 65.0 Å². The molecule has 0 aliphatic rings. The molecule has 4 heterocycles. The quantitative estimate of drug-likeness (QED) is 0.124. The minimum atomic E-state index is 0.739. The van der Waals surface area contributed by atoms with Gasteiger partial charge in [-0.25, -0.2) is 19.9 Å². The van der Waals surface area contributed by atoms with Crippen molar-refractivity contribution in [2.75, 3.05) is 21.3 Å². The van der Waals surface area contributed by atoms with Crippen molar-refractivity contribution in [2.45, 2.75) is 47.5 Å². The van der Waals surface area contributed by atoms with Crippen molar-refractivity contribution >= 4 is 0 Å². The van der Waals surface area contributed by atoms with E-state index in [4.69, 9.17) is 14.2 Å². The molecule has 0 fully saturated rings. The molecule has 10 nitrogen and oxygen atoms in total. The Labute approximate surface area is 429 Å². The molecule has 0 unspecified atom stereocenters. The minimum absolute atomic E-state index is 0.739. The van der Waals surface area contributed by atoms with Crippen molar-refractivity contribution in [3.05, 3.63) is 240 Å². The number of benzene rings is 6. The zero-order valence-corrected chi connectivity index (χ0v) is 42.8. The summed E-state index contributed by atoms with van der Waals surface area (Å²) in [5, 5.41) is 0. The van der Waals surface area contributed by atoms with Crippen LogP contribution in [0.5, 0.6) is 17.2 Å². The molecule has 0 amide bonds. The number of hydrogen-bond donors (Lipinski definition) is 0. The van der Waals surface area contributed by atoms with Gasteiger partial charge in [-0.1, -0.05) is 95.6 Å². The number of hydrogen-bond acceptors (Lipinski definition) is 10. The second kappa shape index (κ2) is 26.4. The van der Waals surface area contributed by atoms with Crippen LogP contribution in [0.15, 0.2) is 201 Å². The summed E-state index contributed by atoms with van der Waals surface area (Å²) in [4.78, 5) is 30.7. The summed E-state index contributed by atoms with van der Waals surface area (Å²) in [5.41, 5.74) is 16.7. The standard InChI is InChI=1S/C20H20N2.C19H17NO.2C12H12N2O/c1-15-3-7-17(8-4-15)9-12-19-13-22-20(14-21-19)18-10-5-16(2)6-11-18;1-14-3-5-15(6-4-14)17-9-12-19(20-13-17)16-7-10-18(21-2)11-8-16;2*1-9-7-13-12(14-8-9)10-3-5-11(15-2)6-4-10/h3-8,10-11,13-14H,9,12H2,1-2H3;3-13H,1-2H3;2*3-8H,1-2H3. The summed E-state index contributed by atoms with van der Waals surface area (Å²) >= 11 is 0. The van der Waals surface area contributed by atoms with Gasteiger partial charge in [0.1, 0.15) is 17.2 Å². The van der Waals surface area contributed by atoms with Crippen molar-refractivity contribution < 1.29 is 14.2 Å². The van der Waals surface area contributed by atoms with E-state index in [-0.39, 0.29) is 0 Å². The van der Waals surface area contributed by atoms with Gasteiger partial charge in [-0.15, -0.1) is 0 Å². The highest BCUT2D eigenvalue weighted by atomic mass is 16.5. The molecule has 73 heavy (non-hydrogen) atoms. The lowest BCUT2D eigenvalue weighted by Gasteiger charge is -2.05. The number of pyridine rings is 1. The Kier molecular flexibility index (Phi) is 18.8. The summed E-state index contributed by atoms with van der Waals surface area (Å²) in [7, 11) is 4.97. The van der Waals surface area contributed by atoms with E-state index in [1.807, 2.05) is 130 Å². The van der Waals surface area contributed by atoms with E-state index in [2.05, 4.69) is 141 Å². The summed E-state index contributed by atoms with van der Waals surface area (Å²) in [6, 6.07) is 53.0. The molecule has 0 saturated carbocycles. The fourth-order valence-electron chi connectivity index (χ4n) is 7.19. The second-order valence-corrected chi connectivity index (χ2v) is 17.4. The monoisotopic (exact) mass is 963 g/mol. The fraction of sp³-hybridized carbons (Fsp3) is 0.159. The number of rotatable bonds is 11. The molecule has 0 atom stereocenters. The van der Waals surface area contributed by atoms with Crippen LogP contribution in [0, 0.1) is 34.6 Å². The first-order valence-corrected chi connectivity index (χ1v) is 24.0. The lowest BCUT2D eigenvalue weighted by molar-refractivity contribution is 0.414. The molecule has 10 heteroatoms. The number of methoxy groups -OCH3 is 3. The molecule has 366 valence electrons. The molecule has 0 radical (unpaired) electrons. The van der Waals surface area contributed by atoms with Crippen molar-refractivity contribution in [2.24, 2.45) is 0 Å². The predicted octanol–water partition coefficient (Wildman–Crippen LogP) is 14.2. The van der Waals surface area contributed by atoms with Gasteiger partial charge in [0.2, 0.25) is 0 Å². The van der Waals surface area contributed by atoms with Crippen LogP contribution in [0.3, 0.4) is 0 Å². The molecule has 10 rings (SSSR count). The van der Waals surface area contributed by atoms with Crippen LogP contribution in [-0.2, 0) is 12.8 Å². The molecule has 0 spiro atoms. The average Bonchev–Trinajstić information content (AvgIpc) is 3.44. The third kappa shape index (κ3) is 15.8. The summed E-state index contributed by atoms with van der Waals surface area (Å²) in [6.45, 7) is 10.2. The van der Waals surface area contributed by atoms with Gasteiger partial charge in [-0.3, -0.25) is 15.0 Å². The smallest absolute Gasteiger partial charge is 0.159 e. The van der Waals surface area contributed by atoms with Gasteiger partial charge in [0.25, 0.3) is 0 Å². The van der Waals surface area contributed by atoms with Crippen molar-refractivity contribution in [3.63, 3.8) is 0 Å². The number of ether oxygens (including phenoxy) is 3. The van der Waals surface area contributed by atoms with Gasteiger partial charge >= 0.3 is 0 Å². The van der Waals surface area contributed by atoms with Crippen LogP contribution in [0.4, 0.5) is 0 Å². The molecular weight excluding hydrogens is 903 g/mol. The van der Waals surface area contributed by atoms with E-state index in [1.165, 1.54) is 27.8 Å². The summed E-state index contributed by atoms with van der Waals surface area (Å²) in [5.74, 6) is 4.01. The Bertz CT molecular complexity index is 3100. The summed E-state index contributed by atoms with van der Waals surface area (Å²) < 4.78 is 15.3. The first-order valence-electron chi connectivity index (χ1n) is 24.0. The van der Waals surface area contributed by atoms with Crippen LogP contribution in [-0.4, -0.2) is 56.2 Å². The molecule has 0 aliphatic carbocycles. The second-order valence-electron chi connectivity index (χ2n) is 17.4. The molecule has 0 aliphatic heterocycles. The van der Waals surface area contributed by atoms with Crippen LogP contribution < -0.4 is 14.2 Å². The topological polar surface area (TPSA) is 118 Å². The molecular formula is C63H61N7O3. The first-order chi connectivity index (χ1) is 35.5. The SMILES string of the molecule is COc1ccc(-c2ccc(-c3ccc(C)cc3)cn2)cc1.COc1ccc(-c2ncc(C)cn2)cc1.COc1ccc(-c2ncc(C)cn2)cc1.Cc1ccc(CCc2cnc(-c3ccc(C)cc3)cn2)cc1. The maximum Gasteiger partial charge on any atom is 0.159 e. The normalized spacial score (nSPS) is 10.3. The minimum Gasteiger partial charge on any atom is -0.497 e. The Morgan fingerprint density at radius 1 is 0.274 bits per heavy atom. The highest BCUT2D eigenvalue weighted by Crippen LogP contribution is 2.25.